The maximum absolute atomic E-state index is 4.50. The Balaban J connectivity index is 2.39. The molecule has 2 N–H and O–H groups in total. The minimum Gasteiger partial charge on any atom is -0.370 e. The second kappa shape index (κ2) is 9.86. The number of hydrogen-bond donors (Lipinski definition) is 2. The van der Waals surface area contributed by atoms with Crippen molar-refractivity contribution < 1.29 is 0 Å². The SMILES string of the molecule is CCNc1nc(C)nc(NCCCCCCSC)c1C. The Morgan fingerprint density at radius 2 is 1.60 bits per heavy atom. The highest BCUT2D eigenvalue weighted by molar-refractivity contribution is 7.98. The van der Waals surface area contributed by atoms with Crippen molar-refractivity contribution in [3.8, 4) is 0 Å². The first-order valence-electron chi connectivity index (χ1n) is 7.51. The van der Waals surface area contributed by atoms with Crippen molar-refractivity contribution in [2.24, 2.45) is 0 Å². The van der Waals surface area contributed by atoms with E-state index in [1.807, 2.05) is 18.7 Å². The normalized spacial score (nSPS) is 10.6. The number of hydrogen-bond acceptors (Lipinski definition) is 5. The third kappa shape index (κ3) is 5.99. The summed E-state index contributed by atoms with van der Waals surface area (Å²) in [7, 11) is 0. The van der Waals surface area contributed by atoms with Crippen LogP contribution in [-0.4, -0.2) is 35.1 Å². The molecule has 1 aromatic heterocycles. The third-order valence-corrected chi connectivity index (χ3v) is 3.87. The summed E-state index contributed by atoms with van der Waals surface area (Å²) < 4.78 is 0. The first kappa shape index (κ1) is 17.1. The molecule has 0 aromatic carbocycles. The van der Waals surface area contributed by atoms with Gasteiger partial charge in [-0.2, -0.15) is 11.8 Å². The van der Waals surface area contributed by atoms with Crippen molar-refractivity contribution in [1.29, 1.82) is 0 Å². The van der Waals surface area contributed by atoms with Crippen molar-refractivity contribution in [2.45, 2.75) is 46.5 Å². The van der Waals surface area contributed by atoms with Gasteiger partial charge in [-0.05, 0) is 45.6 Å². The molecule has 1 aromatic rings. The molecule has 0 fully saturated rings. The summed E-state index contributed by atoms with van der Waals surface area (Å²) in [6, 6.07) is 0. The molecule has 0 amide bonds. The average molecular weight is 296 g/mol. The number of aromatic nitrogens is 2. The molecule has 0 unspecified atom stereocenters. The predicted octanol–water partition coefficient (Wildman–Crippen LogP) is 3.86. The van der Waals surface area contributed by atoms with E-state index >= 15 is 0 Å². The topological polar surface area (TPSA) is 49.8 Å². The zero-order chi connectivity index (χ0) is 14.8. The number of unbranched alkanes of at least 4 members (excludes halogenated alkanes) is 3. The summed E-state index contributed by atoms with van der Waals surface area (Å²) >= 11 is 1.93. The van der Waals surface area contributed by atoms with Gasteiger partial charge in [0.25, 0.3) is 0 Å². The van der Waals surface area contributed by atoms with Crippen LogP contribution in [0.1, 0.15) is 44.0 Å². The fourth-order valence-corrected chi connectivity index (χ4v) is 2.56. The first-order valence-corrected chi connectivity index (χ1v) is 8.90. The molecule has 4 nitrogen and oxygen atoms in total. The molecular formula is C15H28N4S. The van der Waals surface area contributed by atoms with E-state index in [1.54, 1.807) is 0 Å². The lowest BCUT2D eigenvalue weighted by atomic mass is 10.2. The van der Waals surface area contributed by atoms with E-state index in [1.165, 1.54) is 31.4 Å². The molecule has 1 heterocycles. The molecule has 20 heavy (non-hydrogen) atoms. The number of anilines is 2. The molecule has 5 heteroatoms. The Kier molecular flexibility index (Phi) is 8.42. The minimum atomic E-state index is 0.814. The second-order valence-corrected chi connectivity index (χ2v) is 5.94. The van der Waals surface area contributed by atoms with Crippen molar-refractivity contribution in [3.63, 3.8) is 0 Å². The largest absolute Gasteiger partial charge is 0.370 e. The van der Waals surface area contributed by atoms with Crippen molar-refractivity contribution in [1.82, 2.24) is 9.97 Å². The van der Waals surface area contributed by atoms with Gasteiger partial charge in [0.2, 0.25) is 0 Å². The van der Waals surface area contributed by atoms with Crippen molar-refractivity contribution in [3.05, 3.63) is 11.4 Å². The van der Waals surface area contributed by atoms with Gasteiger partial charge in [0.05, 0.1) is 0 Å². The van der Waals surface area contributed by atoms with Crippen LogP contribution in [0.25, 0.3) is 0 Å². The lowest BCUT2D eigenvalue weighted by Gasteiger charge is -2.13. The molecule has 0 spiro atoms. The zero-order valence-electron chi connectivity index (χ0n) is 13.3. The van der Waals surface area contributed by atoms with Gasteiger partial charge in [-0.1, -0.05) is 12.8 Å². The monoisotopic (exact) mass is 296 g/mol. The van der Waals surface area contributed by atoms with E-state index in [0.717, 1.165) is 36.1 Å². The molecule has 0 aliphatic heterocycles. The van der Waals surface area contributed by atoms with E-state index < -0.39 is 0 Å². The maximum Gasteiger partial charge on any atom is 0.134 e. The smallest absolute Gasteiger partial charge is 0.134 e. The van der Waals surface area contributed by atoms with Crippen LogP contribution in [0.15, 0.2) is 0 Å². The van der Waals surface area contributed by atoms with E-state index in [9.17, 15) is 0 Å². The van der Waals surface area contributed by atoms with Gasteiger partial charge >= 0.3 is 0 Å². The number of rotatable bonds is 10. The van der Waals surface area contributed by atoms with Crippen molar-refractivity contribution in [2.75, 3.05) is 35.7 Å². The summed E-state index contributed by atoms with van der Waals surface area (Å²) in [4.78, 5) is 8.93. The molecule has 0 bridgehead atoms. The van der Waals surface area contributed by atoms with Crippen LogP contribution < -0.4 is 10.6 Å². The van der Waals surface area contributed by atoms with Crippen LogP contribution >= 0.6 is 11.8 Å². The number of aryl methyl sites for hydroxylation is 1. The zero-order valence-corrected chi connectivity index (χ0v) is 14.1. The van der Waals surface area contributed by atoms with Gasteiger partial charge in [-0.15, -0.1) is 0 Å². The van der Waals surface area contributed by atoms with E-state index in [4.69, 9.17) is 0 Å². The lowest BCUT2D eigenvalue weighted by molar-refractivity contribution is 0.688. The standard InChI is InChI=1S/C15H28N4S/c1-5-16-14-12(2)15(19-13(3)18-14)17-10-8-6-7-9-11-20-4/h5-11H2,1-4H3,(H2,16,17,18,19). The van der Waals surface area contributed by atoms with Gasteiger partial charge in [-0.3, -0.25) is 0 Å². The van der Waals surface area contributed by atoms with Crippen LogP contribution in [0.4, 0.5) is 11.6 Å². The Hall–Kier alpha value is -0.970. The van der Waals surface area contributed by atoms with E-state index in [-0.39, 0.29) is 0 Å². The van der Waals surface area contributed by atoms with Crippen LogP contribution in [0, 0.1) is 13.8 Å². The van der Waals surface area contributed by atoms with Gasteiger partial charge < -0.3 is 10.6 Å². The Morgan fingerprint density at radius 3 is 2.25 bits per heavy atom. The fourth-order valence-electron chi connectivity index (χ4n) is 2.07. The fraction of sp³-hybridized carbons (Fsp3) is 0.733. The molecule has 0 radical (unpaired) electrons. The quantitative estimate of drug-likeness (QED) is 0.642. The number of nitrogens with one attached hydrogen (secondary N) is 2. The highest BCUT2D eigenvalue weighted by Gasteiger charge is 2.07. The van der Waals surface area contributed by atoms with E-state index in [0.29, 0.717) is 0 Å². The van der Waals surface area contributed by atoms with Gasteiger partial charge in [0.1, 0.15) is 17.5 Å². The summed E-state index contributed by atoms with van der Waals surface area (Å²) in [5.41, 5.74) is 1.11. The average Bonchev–Trinajstić information content (AvgIpc) is 2.43. The minimum absolute atomic E-state index is 0.814. The summed E-state index contributed by atoms with van der Waals surface area (Å²) in [6.07, 6.45) is 7.32. The number of thioether (sulfide) groups is 1. The Bertz CT molecular complexity index is 396. The summed E-state index contributed by atoms with van der Waals surface area (Å²) in [5, 5.41) is 6.74. The first-order chi connectivity index (χ1) is 9.69. The second-order valence-electron chi connectivity index (χ2n) is 4.96. The van der Waals surface area contributed by atoms with Crippen LogP contribution in [0.5, 0.6) is 0 Å². The molecule has 0 aliphatic carbocycles. The Morgan fingerprint density at radius 1 is 0.950 bits per heavy atom. The highest BCUT2D eigenvalue weighted by Crippen LogP contribution is 2.19. The summed E-state index contributed by atoms with van der Waals surface area (Å²) in [6.45, 7) is 7.96. The molecule has 0 saturated heterocycles. The molecule has 0 atom stereocenters. The van der Waals surface area contributed by atoms with Gasteiger partial charge in [-0.25, -0.2) is 9.97 Å². The maximum atomic E-state index is 4.50. The predicted molar refractivity (Wildman–Crippen MR) is 91.0 cm³/mol. The lowest BCUT2D eigenvalue weighted by Crippen LogP contribution is -2.10. The molecule has 1 rings (SSSR count). The van der Waals surface area contributed by atoms with E-state index in [2.05, 4.69) is 40.7 Å². The summed E-state index contributed by atoms with van der Waals surface area (Å²) in [5.74, 6) is 4.01. The Labute approximate surface area is 127 Å². The van der Waals surface area contributed by atoms with Crippen LogP contribution in [-0.2, 0) is 0 Å². The molecule has 0 aliphatic rings. The van der Waals surface area contributed by atoms with Crippen LogP contribution in [0.3, 0.4) is 0 Å². The molecule has 114 valence electrons. The highest BCUT2D eigenvalue weighted by atomic mass is 32.2. The van der Waals surface area contributed by atoms with Gasteiger partial charge in [0, 0.05) is 18.7 Å². The molecular weight excluding hydrogens is 268 g/mol. The number of nitrogens with zero attached hydrogens (tertiary/aromatic N) is 2. The van der Waals surface area contributed by atoms with Crippen LogP contribution in [0.2, 0.25) is 0 Å². The van der Waals surface area contributed by atoms with Crippen molar-refractivity contribution >= 4 is 23.4 Å². The van der Waals surface area contributed by atoms with Gasteiger partial charge in [0.15, 0.2) is 0 Å². The molecule has 0 saturated carbocycles. The third-order valence-electron chi connectivity index (χ3n) is 3.17.